The SMILES string of the molecule is C=C/C=C(\C(=C)[N+](=O)[O-])C(=O)Nc1c(C)c2ccc(OC(=O)N(C)C)cc2oc1=O. The van der Waals surface area contributed by atoms with Crippen LogP contribution in [0.5, 0.6) is 5.75 Å². The molecule has 0 fully saturated rings. The lowest BCUT2D eigenvalue weighted by Crippen LogP contribution is -2.25. The van der Waals surface area contributed by atoms with Crippen molar-refractivity contribution in [3.63, 3.8) is 0 Å². The van der Waals surface area contributed by atoms with Gasteiger partial charge in [-0.15, -0.1) is 0 Å². The van der Waals surface area contributed by atoms with Crippen molar-refractivity contribution in [2.24, 2.45) is 0 Å². The number of aryl methyl sites for hydroxylation is 1. The number of fused-ring (bicyclic) bond motifs is 1. The van der Waals surface area contributed by atoms with Crippen LogP contribution < -0.4 is 15.7 Å². The lowest BCUT2D eigenvalue weighted by Gasteiger charge is -2.12. The van der Waals surface area contributed by atoms with Crippen LogP contribution in [0, 0.1) is 17.0 Å². The average Bonchev–Trinajstić information content (AvgIpc) is 2.68. The maximum Gasteiger partial charge on any atom is 0.414 e. The number of anilines is 1. The van der Waals surface area contributed by atoms with Gasteiger partial charge >= 0.3 is 11.7 Å². The summed E-state index contributed by atoms with van der Waals surface area (Å²) in [5, 5.41) is 13.8. The molecule has 10 heteroatoms. The lowest BCUT2D eigenvalue weighted by atomic mass is 10.1. The minimum atomic E-state index is -0.914. The van der Waals surface area contributed by atoms with Crippen LogP contribution in [0.25, 0.3) is 11.0 Å². The molecule has 2 aromatic rings. The second kappa shape index (κ2) is 8.86. The molecule has 0 saturated carbocycles. The highest BCUT2D eigenvalue weighted by atomic mass is 16.6. The largest absolute Gasteiger partial charge is 0.421 e. The maximum absolute atomic E-state index is 12.5. The Morgan fingerprint density at radius 2 is 2.00 bits per heavy atom. The second-order valence-electron chi connectivity index (χ2n) is 6.28. The highest BCUT2D eigenvalue weighted by molar-refractivity contribution is 6.07. The van der Waals surface area contributed by atoms with Crippen molar-refractivity contribution in [2.45, 2.75) is 6.92 Å². The summed E-state index contributed by atoms with van der Waals surface area (Å²) in [5.74, 6) is -0.748. The van der Waals surface area contributed by atoms with Gasteiger partial charge in [-0.25, -0.2) is 9.59 Å². The normalized spacial score (nSPS) is 11.0. The minimum absolute atomic E-state index is 0.135. The molecule has 0 aliphatic carbocycles. The molecule has 30 heavy (non-hydrogen) atoms. The fourth-order valence-corrected chi connectivity index (χ4v) is 2.44. The fourth-order valence-electron chi connectivity index (χ4n) is 2.44. The van der Waals surface area contributed by atoms with Gasteiger partial charge in [0, 0.05) is 25.5 Å². The van der Waals surface area contributed by atoms with Crippen LogP contribution in [0.4, 0.5) is 10.5 Å². The van der Waals surface area contributed by atoms with Gasteiger partial charge in [-0.05, 0) is 37.3 Å². The Bertz CT molecular complexity index is 1160. The molecular formula is C20H19N3O7. The average molecular weight is 413 g/mol. The molecule has 2 amide bonds. The van der Waals surface area contributed by atoms with E-state index in [9.17, 15) is 24.5 Å². The van der Waals surface area contributed by atoms with Gasteiger partial charge in [0.1, 0.15) is 22.6 Å². The molecular weight excluding hydrogens is 394 g/mol. The van der Waals surface area contributed by atoms with Crippen LogP contribution in [-0.2, 0) is 4.79 Å². The number of allylic oxidation sites excluding steroid dienone is 2. The molecule has 0 aliphatic rings. The fraction of sp³-hybridized carbons (Fsp3) is 0.150. The zero-order chi connectivity index (χ0) is 22.6. The molecule has 2 rings (SSSR count). The molecule has 10 nitrogen and oxygen atoms in total. The third kappa shape index (κ3) is 4.61. The number of carbonyl (C=O) groups is 2. The Kier molecular flexibility index (Phi) is 6.52. The van der Waals surface area contributed by atoms with E-state index >= 15 is 0 Å². The van der Waals surface area contributed by atoms with Crippen molar-refractivity contribution in [1.82, 2.24) is 4.90 Å². The van der Waals surface area contributed by atoms with Crippen LogP contribution in [0.3, 0.4) is 0 Å². The van der Waals surface area contributed by atoms with Gasteiger partial charge in [-0.2, -0.15) is 0 Å². The quantitative estimate of drug-likeness (QED) is 0.253. The number of amides is 2. The first-order chi connectivity index (χ1) is 14.1. The van der Waals surface area contributed by atoms with E-state index in [1.807, 2.05) is 0 Å². The topological polar surface area (TPSA) is 132 Å². The van der Waals surface area contributed by atoms with E-state index in [-0.39, 0.29) is 22.6 Å². The summed E-state index contributed by atoms with van der Waals surface area (Å²) in [7, 11) is 3.04. The van der Waals surface area contributed by atoms with E-state index in [2.05, 4.69) is 18.5 Å². The number of nitrogens with one attached hydrogen (secondary N) is 1. The van der Waals surface area contributed by atoms with Crippen molar-refractivity contribution < 1.29 is 23.7 Å². The Labute approximate surface area is 170 Å². The van der Waals surface area contributed by atoms with E-state index in [0.717, 1.165) is 6.08 Å². The molecule has 0 aliphatic heterocycles. The summed E-state index contributed by atoms with van der Waals surface area (Å²) in [6, 6.07) is 4.42. The smallest absolute Gasteiger partial charge is 0.414 e. The molecule has 0 bridgehead atoms. The number of hydrogen-bond acceptors (Lipinski definition) is 7. The Morgan fingerprint density at radius 1 is 1.33 bits per heavy atom. The van der Waals surface area contributed by atoms with Gasteiger partial charge < -0.3 is 19.4 Å². The lowest BCUT2D eigenvalue weighted by molar-refractivity contribution is -0.419. The van der Waals surface area contributed by atoms with Crippen LogP contribution in [-0.4, -0.2) is 35.9 Å². The summed E-state index contributed by atoms with van der Waals surface area (Å²) in [4.78, 5) is 48.0. The van der Waals surface area contributed by atoms with Crippen molar-refractivity contribution in [3.8, 4) is 5.75 Å². The standard InChI is InChI=1S/C20H19N3O7/c1-6-7-15(12(3)23(27)28)18(24)21-17-11(2)14-9-8-13(29-20(26)22(4)5)10-16(14)30-19(17)25/h6-10H,1,3H2,2,4-5H3,(H,21,24)/b15-7+. The number of hydrogen-bond donors (Lipinski definition) is 1. The van der Waals surface area contributed by atoms with Gasteiger partial charge in [0.25, 0.3) is 11.6 Å². The monoisotopic (exact) mass is 413 g/mol. The van der Waals surface area contributed by atoms with Crippen LogP contribution in [0.2, 0.25) is 0 Å². The van der Waals surface area contributed by atoms with Gasteiger partial charge in [-0.3, -0.25) is 14.9 Å². The molecule has 1 heterocycles. The van der Waals surface area contributed by atoms with E-state index < -0.39 is 28.2 Å². The molecule has 0 saturated heterocycles. The predicted octanol–water partition coefficient (Wildman–Crippen LogP) is 3.00. The minimum Gasteiger partial charge on any atom is -0.421 e. The molecule has 1 N–H and O–H groups in total. The summed E-state index contributed by atoms with van der Waals surface area (Å²) in [5.41, 5.74) is -1.57. The van der Waals surface area contributed by atoms with Crippen molar-refractivity contribution in [3.05, 3.63) is 80.9 Å². The molecule has 1 aromatic heterocycles. The predicted molar refractivity (Wildman–Crippen MR) is 110 cm³/mol. The first-order valence-electron chi connectivity index (χ1n) is 8.51. The van der Waals surface area contributed by atoms with Crippen LogP contribution in [0.1, 0.15) is 5.56 Å². The number of carbonyl (C=O) groups excluding carboxylic acids is 2. The van der Waals surface area contributed by atoms with E-state index in [4.69, 9.17) is 9.15 Å². The van der Waals surface area contributed by atoms with Crippen LogP contribution >= 0.6 is 0 Å². The van der Waals surface area contributed by atoms with Gasteiger partial charge in [0.2, 0.25) is 0 Å². The third-order valence-corrected chi connectivity index (χ3v) is 4.01. The van der Waals surface area contributed by atoms with E-state index in [0.29, 0.717) is 10.9 Å². The highest BCUT2D eigenvalue weighted by Gasteiger charge is 2.24. The Balaban J connectivity index is 2.45. The molecule has 156 valence electrons. The zero-order valence-corrected chi connectivity index (χ0v) is 16.6. The van der Waals surface area contributed by atoms with E-state index in [1.54, 1.807) is 13.0 Å². The second-order valence-corrected chi connectivity index (χ2v) is 6.28. The molecule has 1 aromatic carbocycles. The van der Waals surface area contributed by atoms with Gasteiger partial charge in [0.05, 0.1) is 4.92 Å². The number of nitrogens with zero attached hydrogens (tertiary/aromatic N) is 2. The molecule has 0 radical (unpaired) electrons. The van der Waals surface area contributed by atoms with Crippen LogP contribution in [0.15, 0.2) is 64.0 Å². The summed E-state index contributed by atoms with van der Waals surface area (Å²) in [6.07, 6.45) is 1.70. The number of benzene rings is 1. The third-order valence-electron chi connectivity index (χ3n) is 4.01. The van der Waals surface area contributed by atoms with Crippen molar-refractivity contribution in [2.75, 3.05) is 19.4 Å². The zero-order valence-electron chi connectivity index (χ0n) is 16.6. The van der Waals surface area contributed by atoms with Gasteiger partial charge in [0.15, 0.2) is 0 Å². The van der Waals surface area contributed by atoms with Crippen molar-refractivity contribution in [1.29, 1.82) is 0 Å². The van der Waals surface area contributed by atoms with E-state index in [1.165, 1.54) is 37.2 Å². The highest BCUT2D eigenvalue weighted by Crippen LogP contribution is 2.27. The molecule has 0 spiro atoms. The molecule has 0 unspecified atom stereocenters. The summed E-state index contributed by atoms with van der Waals surface area (Å²) < 4.78 is 10.4. The molecule has 0 atom stereocenters. The Morgan fingerprint density at radius 3 is 2.57 bits per heavy atom. The first kappa shape index (κ1) is 22.1. The summed E-state index contributed by atoms with van der Waals surface area (Å²) in [6.45, 7) is 8.23. The number of ether oxygens (including phenoxy) is 1. The Hall–Kier alpha value is -4.21. The first-order valence-corrected chi connectivity index (χ1v) is 8.51. The summed E-state index contributed by atoms with van der Waals surface area (Å²) >= 11 is 0. The number of nitro groups is 1. The maximum atomic E-state index is 12.5. The van der Waals surface area contributed by atoms with Gasteiger partial charge in [-0.1, -0.05) is 12.7 Å². The number of rotatable bonds is 6. The van der Waals surface area contributed by atoms with Crippen molar-refractivity contribution >= 4 is 28.7 Å².